The Morgan fingerprint density at radius 1 is 1.31 bits per heavy atom. The van der Waals surface area contributed by atoms with Crippen LogP contribution in [-0.2, 0) is 16.1 Å². The van der Waals surface area contributed by atoms with Crippen LogP contribution in [0.5, 0.6) is 5.75 Å². The molecule has 2 N–H and O–H groups in total. The molecule has 2 saturated heterocycles. The Balaban J connectivity index is 0.000000298. The van der Waals surface area contributed by atoms with E-state index in [0.717, 1.165) is 44.4 Å². The lowest BCUT2D eigenvalue weighted by Gasteiger charge is -2.19. The summed E-state index contributed by atoms with van der Waals surface area (Å²) in [6.07, 6.45) is -1.06. The lowest BCUT2D eigenvalue weighted by Crippen LogP contribution is -2.26. The maximum absolute atomic E-state index is 10.6. The van der Waals surface area contributed by atoms with Crippen molar-refractivity contribution in [1.29, 1.82) is 0 Å². The van der Waals surface area contributed by atoms with E-state index in [2.05, 4.69) is 14.9 Å². The maximum Gasteiger partial charge on any atom is 0.490 e. The van der Waals surface area contributed by atoms with Crippen LogP contribution in [0, 0.1) is 11.8 Å². The average molecular weight is 413 g/mol. The third-order valence-electron chi connectivity index (χ3n) is 4.89. The molecule has 2 aromatic rings. The molecule has 0 unspecified atom stereocenters. The smallest absolute Gasteiger partial charge is 0.490 e. The SMILES string of the molecule is O=C(O)C(F)(F)F.c1ccc(OC[C@@H]2CO[C@@H]3CN(Cc4ncc[nH]4)C[C@H]23)cc1. The van der Waals surface area contributed by atoms with Gasteiger partial charge in [0.05, 0.1) is 25.9 Å². The number of aromatic nitrogens is 2. The Labute approximate surface area is 165 Å². The summed E-state index contributed by atoms with van der Waals surface area (Å²) in [6.45, 7) is 4.48. The van der Waals surface area contributed by atoms with Crippen LogP contribution < -0.4 is 4.74 Å². The van der Waals surface area contributed by atoms with Gasteiger partial charge in [-0.1, -0.05) is 18.2 Å². The fourth-order valence-electron chi connectivity index (χ4n) is 3.50. The summed E-state index contributed by atoms with van der Waals surface area (Å²) in [5.41, 5.74) is 0. The van der Waals surface area contributed by atoms with Crippen molar-refractivity contribution in [2.75, 3.05) is 26.3 Å². The number of fused-ring (bicyclic) bond motifs is 1. The minimum atomic E-state index is -5.08. The maximum atomic E-state index is 10.6. The van der Waals surface area contributed by atoms with Crippen LogP contribution in [0.2, 0.25) is 0 Å². The van der Waals surface area contributed by atoms with Crippen LogP contribution in [0.15, 0.2) is 42.7 Å². The van der Waals surface area contributed by atoms with Gasteiger partial charge >= 0.3 is 12.1 Å². The lowest BCUT2D eigenvalue weighted by molar-refractivity contribution is -0.192. The van der Waals surface area contributed by atoms with Crippen molar-refractivity contribution >= 4 is 5.97 Å². The van der Waals surface area contributed by atoms with Gasteiger partial charge in [-0.3, -0.25) is 4.90 Å². The van der Waals surface area contributed by atoms with E-state index in [-0.39, 0.29) is 0 Å². The molecular weight excluding hydrogens is 391 g/mol. The Bertz CT molecular complexity index is 771. The lowest BCUT2D eigenvalue weighted by atomic mass is 9.94. The summed E-state index contributed by atoms with van der Waals surface area (Å²) in [7, 11) is 0. The number of ether oxygens (including phenoxy) is 2. The standard InChI is InChI=1S/C17H21N3O2.C2HF3O2/c1-2-4-14(5-3-1)21-11-13-12-22-16-9-20(8-15(13)16)10-17-18-6-7-19-17;3-2(4,5)1(6)7/h1-7,13,15-16H,8-12H2,(H,18,19);(H,6,7)/t13-,15-,16-;/m1./s1. The van der Waals surface area contributed by atoms with E-state index in [1.165, 1.54) is 0 Å². The van der Waals surface area contributed by atoms with Crippen molar-refractivity contribution in [3.05, 3.63) is 48.5 Å². The molecule has 0 saturated carbocycles. The van der Waals surface area contributed by atoms with Crippen molar-refractivity contribution < 1.29 is 32.5 Å². The first-order valence-electron chi connectivity index (χ1n) is 9.13. The van der Waals surface area contributed by atoms with Gasteiger partial charge in [0, 0.05) is 37.3 Å². The van der Waals surface area contributed by atoms with E-state index in [9.17, 15) is 13.2 Å². The topological polar surface area (TPSA) is 87.7 Å². The number of hydrogen-bond acceptors (Lipinski definition) is 5. The predicted molar refractivity (Wildman–Crippen MR) is 96.2 cm³/mol. The van der Waals surface area contributed by atoms with E-state index < -0.39 is 12.1 Å². The van der Waals surface area contributed by atoms with Gasteiger partial charge in [-0.25, -0.2) is 9.78 Å². The van der Waals surface area contributed by atoms with Gasteiger partial charge in [0.25, 0.3) is 0 Å². The van der Waals surface area contributed by atoms with Gasteiger partial charge in [0.2, 0.25) is 0 Å². The third kappa shape index (κ3) is 5.94. The fraction of sp³-hybridized carbons (Fsp3) is 0.474. The van der Waals surface area contributed by atoms with Gasteiger partial charge in [-0.15, -0.1) is 0 Å². The summed E-state index contributed by atoms with van der Waals surface area (Å²) < 4.78 is 43.6. The monoisotopic (exact) mass is 413 g/mol. The Morgan fingerprint density at radius 2 is 2.03 bits per heavy atom. The molecule has 4 rings (SSSR count). The third-order valence-corrected chi connectivity index (χ3v) is 4.89. The first-order valence-corrected chi connectivity index (χ1v) is 9.13. The largest absolute Gasteiger partial charge is 0.493 e. The second-order valence-electron chi connectivity index (χ2n) is 6.95. The van der Waals surface area contributed by atoms with Crippen LogP contribution in [0.1, 0.15) is 5.82 Å². The summed E-state index contributed by atoms with van der Waals surface area (Å²) in [4.78, 5) is 18.8. The number of halogens is 3. The van der Waals surface area contributed by atoms with E-state index in [1.54, 1.807) is 6.20 Å². The van der Waals surface area contributed by atoms with Crippen molar-refractivity contribution in [2.24, 2.45) is 11.8 Å². The van der Waals surface area contributed by atoms with Gasteiger partial charge < -0.3 is 19.6 Å². The van der Waals surface area contributed by atoms with E-state index in [0.29, 0.717) is 17.9 Å². The summed E-state index contributed by atoms with van der Waals surface area (Å²) in [5, 5.41) is 7.12. The molecule has 1 aromatic heterocycles. The number of nitrogens with zero attached hydrogens (tertiary/aromatic N) is 2. The van der Waals surface area contributed by atoms with Crippen molar-refractivity contribution in [3.63, 3.8) is 0 Å². The van der Waals surface area contributed by atoms with Gasteiger partial charge in [-0.2, -0.15) is 13.2 Å². The Hall–Kier alpha value is -2.59. The van der Waals surface area contributed by atoms with Crippen molar-refractivity contribution in [1.82, 2.24) is 14.9 Å². The van der Waals surface area contributed by atoms with Crippen molar-refractivity contribution in [2.45, 2.75) is 18.8 Å². The zero-order valence-electron chi connectivity index (χ0n) is 15.5. The van der Waals surface area contributed by atoms with Crippen LogP contribution in [0.4, 0.5) is 13.2 Å². The highest BCUT2D eigenvalue weighted by atomic mass is 19.4. The fourth-order valence-corrected chi connectivity index (χ4v) is 3.50. The number of rotatable bonds is 5. The highest BCUT2D eigenvalue weighted by Crippen LogP contribution is 2.34. The van der Waals surface area contributed by atoms with E-state index >= 15 is 0 Å². The minimum Gasteiger partial charge on any atom is -0.493 e. The van der Waals surface area contributed by atoms with Gasteiger partial charge in [0.15, 0.2) is 0 Å². The number of aliphatic carboxylic acids is 1. The number of carboxylic acids is 1. The van der Waals surface area contributed by atoms with Crippen LogP contribution in [0.3, 0.4) is 0 Å². The Kier molecular flexibility index (Phi) is 6.75. The number of para-hydroxylation sites is 1. The summed E-state index contributed by atoms with van der Waals surface area (Å²) in [5.74, 6) is 0.256. The quantitative estimate of drug-likeness (QED) is 0.784. The second kappa shape index (κ2) is 9.27. The molecule has 0 radical (unpaired) electrons. The molecule has 2 fully saturated rings. The Morgan fingerprint density at radius 3 is 2.66 bits per heavy atom. The predicted octanol–water partition coefficient (Wildman–Crippen LogP) is 2.57. The van der Waals surface area contributed by atoms with E-state index in [1.807, 2.05) is 36.5 Å². The molecule has 3 atom stereocenters. The van der Waals surface area contributed by atoms with Crippen LogP contribution in [-0.4, -0.2) is 64.5 Å². The number of alkyl halides is 3. The molecule has 29 heavy (non-hydrogen) atoms. The first kappa shape index (κ1) is 21.1. The van der Waals surface area contributed by atoms with Gasteiger partial charge in [0.1, 0.15) is 11.6 Å². The molecule has 2 aliphatic heterocycles. The number of likely N-dealkylation sites (tertiary alicyclic amines) is 1. The molecular formula is C19H22F3N3O4. The van der Waals surface area contributed by atoms with Crippen LogP contribution in [0.25, 0.3) is 0 Å². The normalized spacial score (nSPS) is 23.9. The average Bonchev–Trinajstić information content (AvgIpc) is 3.39. The molecule has 0 bridgehead atoms. The molecule has 0 spiro atoms. The molecule has 2 aliphatic rings. The number of carbonyl (C=O) groups is 1. The number of benzene rings is 1. The number of hydrogen-bond donors (Lipinski definition) is 2. The molecule has 10 heteroatoms. The van der Waals surface area contributed by atoms with Crippen molar-refractivity contribution in [3.8, 4) is 5.75 Å². The molecule has 0 aliphatic carbocycles. The molecule has 0 amide bonds. The minimum absolute atomic E-state index is 0.347. The molecule has 1 aromatic carbocycles. The number of carboxylic acid groups (broad SMARTS) is 1. The zero-order valence-corrected chi connectivity index (χ0v) is 15.5. The number of nitrogens with one attached hydrogen (secondary N) is 1. The molecule has 158 valence electrons. The molecule has 7 nitrogen and oxygen atoms in total. The summed E-state index contributed by atoms with van der Waals surface area (Å²) >= 11 is 0. The second-order valence-corrected chi connectivity index (χ2v) is 6.95. The molecule has 3 heterocycles. The number of imidazole rings is 1. The highest BCUT2D eigenvalue weighted by molar-refractivity contribution is 5.73. The number of aromatic amines is 1. The summed E-state index contributed by atoms with van der Waals surface area (Å²) in [6, 6.07) is 10.0. The number of H-pyrrole nitrogens is 1. The highest BCUT2D eigenvalue weighted by Gasteiger charge is 2.44. The van der Waals surface area contributed by atoms with Gasteiger partial charge in [-0.05, 0) is 12.1 Å². The van der Waals surface area contributed by atoms with Crippen LogP contribution >= 0.6 is 0 Å². The zero-order chi connectivity index (χ0) is 20.9. The van der Waals surface area contributed by atoms with E-state index in [4.69, 9.17) is 19.4 Å². The first-order chi connectivity index (χ1) is 13.8.